The Bertz CT molecular complexity index is 921. The molecule has 1 aromatic carbocycles. The number of anilines is 2. The summed E-state index contributed by atoms with van der Waals surface area (Å²) >= 11 is 12.0. The highest BCUT2D eigenvalue weighted by molar-refractivity contribution is 6.44. The zero-order chi connectivity index (χ0) is 18.7. The Morgan fingerprint density at radius 2 is 2.00 bits per heavy atom. The number of amides is 1. The van der Waals surface area contributed by atoms with Crippen molar-refractivity contribution in [1.82, 2.24) is 9.55 Å². The van der Waals surface area contributed by atoms with Crippen LogP contribution < -0.4 is 21.9 Å². The number of unbranched alkanes of at least 4 members (excludes halogenated alkanes) is 1. The number of hydrogen-bond donors (Lipinski definition) is 2. The number of carbonyl (C=O) groups is 1. The van der Waals surface area contributed by atoms with E-state index in [4.69, 9.17) is 28.9 Å². The van der Waals surface area contributed by atoms with E-state index in [0.717, 1.165) is 11.3 Å². The smallest absolute Gasteiger partial charge is 0.330 e. The molecule has 0 unspecified atom stereocenters. The highest BCUT2D eigenvalue weighted by Crippen LogP contribution is 2.27. The number of nitrogens with zero attached hydrogens (tertiary/aromatic N) is 2. The standard InChI is InChI=1S/C16H18Cl2N4O3/c1-3-4-8-22-13(19)12(14(23)20-16(22)25)21(2)15(24)9-6-5-7-10(17)11(9)18/h5-7H,3-4,8,19H2,1-2H3,(H,20,23,25). The predicted octanol–water partition coefficient (Wildman–Crippen LogP) is 2.50. The average molecular weight is 385 g/mol. The molecule has 1 aromatic heterocycles. The zero-order valence-electron chi connectivity index (χ0n) is 13.8. The average Bonchev–Trinajstić information content (AvgIpc) is 2.56. The minimum absolute atomic E-state index is 0.0730. The number of benzene rings is 1. The molecule has 0 radical (unpaired) electrons. The summed E-state index contributed by atoms with van der Waals surface area (Å²) in [6.07, 6.45) is 1.54. The van der Waals surface area contributed by atoms with Gasteiger partial charge >= 0.3 is 5.69 Å². The summed E-state index contributed by atoms with van der Waals surface area (Å²) in [5.41, 5.74) is 4.66. The first-order valence-electron chi connectivity index (χ1n) is 7.64. The Kier molecular flexibility index (Phi) is 5.92. The Morgan fingerprint density at radius 3 is 2.64 bits per heavy atom. The molecule has 7 nitrogen and oxygen atoms in total. The van der Waals surface area contributed by atoms with E-state index in [2.05, 4.69) is 4.98 Å². The number of carbonyl (C=O) groups excluding carboxylic acids is 1. The van der Waals surface area contributed by atoms with Gasteiger partial charge in [-0.15, -0.1) is 0 Å². The van der Waals surface area contributed by atoms with Crippen LogP contribution >= 0.6 is 23.2 Å². The lowest BCUT2D eigenvalue weighted by Crippen LogP contribution is -2.39. The third-order valence-corrected chi connectivity index (χ3v) is 4.59. The van der Waals surface area contributed by atoms with Crippen LogP contribution in [0.2, 0.25) is 10.0 Å². The molecule has 0 atom stereocenters. The zero-order valence-corrected chi connectivity index (χ0v) is 15.3. The fraction of sp³-hybridized carbons (Fsp3) is 0.312. The topological polar surface area (TPSA) is 101 Å². The number of aromatic nitrogens is 2. The van der Waals surface area contributed by atoms with E-state index in [9.17, 15) is 14.4 Å². The first-order chi connectivity index (χ1) is 11.8. The maximum Gasteiger partial charge on any atom is 0.330 e. The predicted molar refractivity (Wildman–Crippen MR) is 99.8 cm³/mol. The lowest BCUT2D eigenvalue weighted by molar-refractivity contribution is 0.0993. The van der Waals surface area contributed by atoms with Crippen LogP contribution in [0.25, 0.3) is 0 Å². The van der Waals surface area contributed by atoms with Crippen molar-refractivity contribution in [3.8, 4) is 0 Å². The molecule has 3 N–H and O–H groups in total. The Morgan fingerprint density at radius 1 is 1.32 bits per heavy atom. The van der Waals surface area contributed by atoms with E-state index in [0.29, 0.717) is 13.0 Å². The van der Waals surface area contributed by atoms with Crippen LogP contribution in [-0.4, -0.2) is 22.5 Å². The van der Waals surface area contributed by atoms with Crippen LogP contribution in [0.15, 0.2) is 27.8 Å². The molecule has 0 saturated carbocycles. The Balaban J connectivity index is 2.53. The van der Waals surface area contributed by atoms with Gasteiger partial charge in [0.25, 0.3) is 11.5 Å². The van der Waals surface area contributed by atoms with Crippen molar-refractivity contribution >= 4 is 40.6 Å². The van der Waals surface area contributed by atoms with Crippen molar-refractivity contribution in [2.75, 3.05) is 17.7 Å². The van der Waals surface area contributed by atoms with Crippen molar-refractivity contribution in [2.45, 2.75) is 26.3 Å². The molecule has 25 heavy (non-hydrogen) atoms. The van der Waals surface area contributed by atoms with Gasteiger partial charge in [-0.3, -0.25) is 19.1 Å². The van der Waals surface area contributed by atoms with Gasteiger partial charge in [0.1, 0.15) is 5.82 Å². The van der Waals surface area contributed by atoms with E-state index >= 15 is 0 Å². The molecule has 1 amide bonds. The van der Waals surface area contributed by atoms with Gasteiger partial charge < -0.3 is 10.6 Å². The van der Waals surface area contributed by atoms with Crippen LogP contribution in [0, 0.1) is 0 Å². The summed E-state index contributed by atoms with van der Waals surface area (Å²) in [5, 5.41) is 0.297. The summed E-state index contributed by atoms with van der Waals surface area (Å²) in [6, 6.07) is 4.61. The molecule has 134 valence electrons. The third-order valence-electron chi connectivity index (χ3n) is 3.77. The van der Waals surface area contributed by atoms with Gasteiger partial charge in [0.15, 0.2) is 5.69 Å². The van der Waals surface area contributed by atoms with Gasteiger partial charge in [-0.25, -0.2) is 4.79 Å². The molecule has 0 fully saturated rings. The van der Waals surface area contributed by atoms with E-state index in [1.54, 1.807) is 12.1 Å². The normalized spacial score (nSPS) is 10.7. The van der Waals surface area contributed by atoms with Crippen molar-refractivity contribution < 1.29 is 4.79 Å². The number of H-pyrrole nitrogens is 1. The molecule has 0 bridgehead atoms. The number of hydrogen-bond acceptors (Lipinski definition) is 4. The van der Waals surface area contributed by atoms with Gasteiger partial charge in [-0.05, 0) is 18.6 Å². The summed E-state index contributed by atoms with van der Waals surface area (Å²) in [6.45, 7) is 2.30. The number of aromatic amines is 1. The molecule has 0 aliphatic heterocycles. The molecule has 0 aliphatic rings. The van der Waals surface area contributed by atoms with E-state index in [1.165, 1.54) is 17.7 Å². The minimum Gasteiger partial charge on any atom is -0.383 e. The van der Waals surface area contributed by atoms with Crippen LogP contribution in [0.3, 0.4) is 0 Å². The molecule has 2 aromatic rings. The molecule has 9 heteroatoms. The maximum absolute atomic E-state index is 12.7. The Labute approximate surface area is 154 Å². The number of nitrogens with one attached hydrogen (secondary N) is 1. The van der Waals surface area contributed by atoms with Gasteiger partial charge in [0.05, 0.1) is 15.6 Å². The quantitative estimate of drug-likeness (QED) is 0.826. The van der Waals surface area contributed by atoms with Crippen LogP contribution in [-0.2, 0) is 6.54 Å². The van der Waals surface area contributed by atoms with Crippen LogP contribution in [0.4, 0.5) is 11.5 Å². The number of rotatable bonds is 5. The van der Waals surface area contributed by atoms with E-state index < -0.39 is 17.2 Å². The number of nitrogen functional groups attached to an aromatic ring is 1. The molecule has 0 spiro atoms. The molecular formula is C16H18Cl2N4O3. The van der Waals surface area contributed by atoms with Gasteiger partial charge in [-0.1, -0.05) is 42.6 Å². The van der Waals surface area contributed by atoms with Crippen LogP contribution in [0.5, 0.6) is 0 Å². The first-order valence-corrected chi connectivity index (χ1v) is 8.39. The molecule has 0 aliphatic carbocycles. The SMILES string of the molecule is CCCCn1c(N)c(N(C)C(=O)c2cccc(Cl)c2Cl)c(=O)[nH]c1=O. The summed E-state index contributed by atoms with van der Waals surface area (Å²) < 4.78 is 1.24. The fourth-order valence-corrected chi connectivity index (χ4v) is 2.77. The second-order valence-corrected chi connectivity index (χ2v) is 6.25. The largest absolute Gasteiger partial charge is 0.383 e. The fourth-order valence-electron chi connectivity index (χ4n) is 2.39. The van der Waals surface area contributed by atoms with Gasteiger partial charge in [0.2, 0.25) is 0 Å². The van der Waals surface area contributed by atoms with Crippen molar-refractivity contribution in [3.63, 3.8) is 0 Å². The molecule has 0 saturated heterocycles. The monoisotopic (exact) mass is 384 g/mol. The first kappa shape index (κ1) is 19.1. The Hall–Kier alpha value is -2.25. The molecular weight excluding hydrogens is 367 g/mol. The summed E-state index contributed by atoms with van der Waals surface area (Å²) in [7, 11) is 1.38. The second kappa shape index (κ2) is 7.76. The summed E-state index contributed by atoms with van der Waals surface area (Å²) in [4.78, 5) is 40.2. The van der Waals surface area contributed by atoms with Crippen LogP contribution in [0.1, 0.15) is 30.1 Å². The highest BCUT2D eigenvalue weighted by Gasteiger charge is 2.24. The number of halogens is 2. The van der Waals surface area contributed by atoms with Gasteiger partial charge in [0, 0.05) is 13.6 Å². The lowest BCUT2D eigenvalue weighted by Gasteiger charge is -2.21. The third kappa shape index (κ3) is 3.72. The van der Waals surface area contributed by atoms with Crippen molar-refractivity contribution in [1.29, 1.82) is 0 Å². The number of nitrogens with two attached hydrogens (primary N) is 1. The minimum atomic E-state index is -0.746. The van der Waals surface area contributed by atoms with E-state index in [-0.39, 0.29) is 27.1 Å². The maximum atomic E-state index is 12.7. The van der Waals surface area contributed by atoms with Gasteiger partial charge in [-0.2, -0.15) is 0 Å². The molecule has 1 heterocycles. The van der Waals surface area contributed by atoms with E-state index in [1.807, 2.05) is 6.92 Å². The van der Waals surface area contributed by atoms with Crippen molar-refractivity contribution in [3.05, 3.63) is 54.6 Å². The lowest BCUT2D eigenvalue weighted by atomic mass is 10.2. The highest BCUT2D eigenvalue weighted by atomic mass is 35.5. The summed E-state index contributed by atoms with van der Waals surface area (Å²) in [5.74, 6) is -0.637. The van der Waals surface area contributed by atoms with Crippen molar-refractivity contribution in [2.24, 2.45) is 0 Å². The molecule has 2 rings (SSSR count). The second-order valence-electron chi connectivity index (χ2n) is 5.46.